The second-order valence-electron chi connectivity index (χ2n) is 5.38. The predicted octanol–water partition coefficient (Wildman–Crippen LogP) is 2.97. The molecule has 1 rings (SSSR count). The monoisotopic (exact) mass is 235 g/mol. The molecular weight excluding hydrogens is 210 g/mol. The van der Waals surface area contributed by atoms with Gasteiger partial charge in [-0.25, -0.2) is 4.98 Å². The molecule has 0 amide bonds. The molecule has 0 bridgehead atoms. The molecule has 1 atom stereocenters. The summed E-state index contributed by atoms with van der Waals surface area (Å²) >= 11 is 0. The molecular formula is C14H25N3. The van der Waals surface area contributed by atoms with Gasteiger partial charge in [-0.3, -0.25) is 0 Å². The number of hydrogen-bond donors (Lipinski definition) is 1. The van der Waals surface area contributed by atoms with Gasteiger partial charge in [0, 0.05) is 24.8 Å². The Morgan fingerprint density at radius 2 is 1.82 bits per heavy atom. The molecule has 2 N–H and O–H groups in total. The lowest BCUT2D eigenvalue weighted by Gasteiger charge is -2.29. The summed E-state index contributed by atoms with van der Waals surface area (Å²) in [5, 5.41) is 0. The maximum Gasteiger partial charge on any atom is 0.128 e. The molecule has 0 aromatic carbocycles. The molecule has 1 aromatic heterocycles. The van der Waals surface area contributed by atoms with Gasteiger partial charge >= 0.3 is 0 Å². The highest BCUT2D eigenvalue weighted by Crippen LogP contribution is 2.18. The van der Waals surface area contributed by atoms with Gasteiger partial charge in [-0.2, -0.15) is 0 Å². The van der Waals surface area contributed by atoms with E-state index in [9.17, 15) is 0 Å². The van der Waals surface area contributed by atoms with Crippen molar-refractivity contribution in [2.45, 2.75) is 46.7 Å². The highest BCUT2D eigenvalue weighted by molar-refractivity contribution is 5.40. The average molecular weight is 235 g/mol. The number of aromatic nitrogens is 1. The van der Waals surface area contributed by atoms with Crippen LogP contribution in [0.4, 0.5) is 5.82 Å². The summed E-state index contributed by atoms with van der Waals surface area (Å²) in [4.78, 5) is 6.85. The van der Waals surface area contributed by atoms with E-state index in [1.54, 1.807) is 0 Å². The van der Waals surface area contributed by atoms with Crippen LogP contribution in [-0.4, -0.2) is 17.6 Å². The number of nitrogens with zero attached hydrogens (tertiary/aromatic N) is 2. The van der Waals surface area contributed by atoms with Crippen LogP contribution in [0, 0.1) is 5.92 Å². The number of pyridine rings is 1. The Hall–Kier alpha value is -1.09. The summed E-state index contributed by atoms with van der Waals surface area (Å²) in [6.07, 6.45) is 1.88. The van der Waals surface area contributed by atoms with Crippen LogP contribution >= 0.6 is 0 Å². The van der Waals surface area contributed by atoms with Crippen molar-refractivity contribution < 1.29 is 0 Å². The summed E-state index contributed by atoms with van der Waals surface area (Å²) in [6.45, 7) is 11.9. The van der Waals surface area contributed by atoms with Crippen molar-refractivity contribution in [2.24, 2.45) is 11.7 Å². The van der Waals surface area contributed by atoms with E-state index in [4.69, 9.17) is 5.73 Å². The third kappa shape index (κ3) is 4.00. The third-order valence-electron chi connectivity index (χ3n) is 2.78. The van der Waals surface area contributed by atoms with Gasteiger partial charge < -0.3 is 10.6 Å². The fourth-order valence-corrected chi connectivity index (χ4v) is 1.80. The Morgan fingerprint density at radius 1 is 1.18 bits per heavy atom. The first-order valence-corrected chi connectivity index (χ1v) is 6.40. The normalized spacial score (nSPS) is 13.2. The third-order valence-corrected chi connectivity index (χ3v) is 2.78. The Bertz CT molecular complexity index is 328. The van der Waals surface area contributed by atoms with E-state index >= 15 is 0 Å². The average Bonchev–Trinajstić information content (AvgIpc) is 2.25. The van der Waals surface area contributed by atoms with Crippen molar-refractivity contribution in [1.29, 1.82) is 0 Å². The van der Waals surface area contributed by atoms with E-state index in [1.165, 1.54) is 0 Å². The molecule has 0 saturated heterocycles. The molecule has 96 valence electrons. The number of hydrogen-bond acceptors (Lipinski definition) is 3. The number of nitrogens with two attached hydrogens (primary N) is 1. The number of rotatable bonds is 5. The minimum absolute atomic E-state index is 0.0501. The number of anilines is 1. The van der Waals surface area contributed by atoms with Crippen LogP contribution in [0.1, 0.15) is 46.2 Å². The standard InChI is InChI=1S/C14H25N3/c1-10(2)9-17(11(3)4)14-7-6-13(8-16-14)12(5)15/h6-8,10-12H,9,15H2,1-5H3. The second kappa shape index (κ2) is 6.01. The van der Waals surface area contributed by atoms with E-state index in [-0.39, 0.29) is 6.04 Å². The zero-order valence-corrected chi connectivity index (χ0v) is 11.6. The van der Waals surface area contributed by atoms with Crippen molar-refractivity contribution in [3.05, 3.63) is 23.9 Å². The lowest BCUT2D eigenvalue weighted by atomic mass is 10.1. The van der Waals surface area contributed by atoms with Gasteiger partial charge in [0.25, 0.3) is 0 Å². The molecule has 0 spiro atoms. The predicted molar refractivity (Wildman–Crippen MR) is 74.2 cm³/mol. The smallest absolute Gasteiger partial charge is 0.128 e. The zero-order chi connectivity index (χ0) is 13.0. The van der Waals surface area contributed by atoms with E-state index in [1.807, 2.05) is 13.1 Å². The van der Waals surface area contributed by atoms with Crippen LogP contribution in [0.25, 0.3) is 0 Å². The van der Waals surface area contributed by atoms with Gasteiger partial charge in [0.1, 0.15) is 5.82 Å². The lowest BCUT2D eigenvalue weighted by molar-refractivity contribution is 0.566. The van der Waals surface area contributed by atoms with Crippen LogP contribution in [0.3, 0.4) is 0 Å². The second-order valence-corrected chi connectivity index (χ2v) is 5.38. The van der Waals surface area contributed by atoms with Gasteiger partial charge in [0.2, 0.25) is 0 Å². The maximum absolute atomic E-state index is 5.83. The molecule has 1 aromatic rings. The first-order valence-electron chi connectivity index (χ1n) is 6.40. The van der Waals surface area contributed by atoms with Crippen LogP contribution in [0.2, 0.25) is 0 Å². The zero-order valence-electron chi connectivity index (χ0n) is 11.6. The van der Waals surface area contributed by atoms with Gasteiger partial charge in [-0.1, -0.05) is 19.9 Å². The molecule has 0 saturated carbocycles. The van der Waals surface area contributed by atoms with Gasteiger partial charge in [-0.05, 0) is 38.3 Å². The highest BCUT2D eigenvalue weighted by atomic mass is 15.2. The molecule has 0 aliphatic heterocycles. The van der Waals surface area contributed by atoms with Crippen LogP contribution < -0.4 is 10.6 Å². The van der Waals surface area contributed by atoms with Gasteiger partial charge in [0.15, 0.2) is 0 Å². The quantitative estimate of drug-likeness (QED) is 0.853. The topological polar surface area (TPSA) is 42.1 Å². The Labute approximate surface area is 105 Å². The fourth-order valence-electron chi connectivity index (χ4n) is 1.80. The van der Waals surface area contributed by atoms with Crippen molar-refractivity contribution in [2.75, 3.05) is 11.4 Å². The fraction of sp³-hybridized carbons (Fsp3) is 0.643. The first kappa shape index (κ1) is 14.0. The molecule has 0 radical (unpaired) electrons. The lowest BCUT2D eigenvalue weighted by Crippen LogP contribution is -2.34. The van der Waals surface area contributed by atoms with Crippen molar-refractivity contribution >= 4 is 5.82 Å². The van der Waals surface area contributed by atoms with E-state index in [2.05, 4.69) is 49.7 Å². The maximum atomic E-state index is 5.83. The SMILES string of the molecule is CC(C)CN(c1ccc(C(C)N)cn1)C(C)C. The molecule has 3 heteroatoms. The Morgan fingerprint density at radius 3 is 2.18 bits per heavy atom. The summed E-state index contributed by atoms with van der Waals surface area (Å²) in [7, 11) is 0. The van der Waals surface area contributed by atoms with Crippen LogP contribution in [0.15, 0.2) is 18.3 Å². The summed E-state index contributed by atoms with van der Waals surface area (Å²) < 4.78 is 0. The van der Waals surface area contributed by atoms with Crippen molar-refractivity contribution in [1.82, 2.24) is 4.98 Å². The molecule has 0 fully saturated rings. The minimum Gasteiger partial charge on any atom is -0.354 e. The van der Waals surface area contributed by atoms with E-state index in [0.717, 1.165) is 17.9 Å². The van der Waals surface area contributed by atoms with E-state index < -0.39 is 0 Å². The van der Waals surface area contributed by atoms with Crippen molar-refractivity contribution in [3.8, 4) is 0 Å². The molecule has 0 aliphatic carbocycles. The minimum atomic E-state index is 0.0501. The Kier molecular flexibility index (Phi) is 4.94. The first-order chi connectivity index (χ1) is 7.91. The van der Waals surface area contributed by atoms with Gasteiger partial charge in [-0.15, -0.1) is 0 Å². The molecule has 3 nitrogen and oxygen atoms in total. The molecule has 1 unspecified atom stereocenters. The van der Waals surface area contributed by atoms with Crippen LogP contribution in [-0.2, 0) is 0 Å². The summed E-state index contributed by atoms with van der Waals surface area (Å²) in [5.74, 6) is 1.67. The molecule has 1 heterocycles. The largest absolute Gasteiger partial charge is 0.354 e. The summed E-state index contributed by atoms with van der Waals surface area (Å²) in [6, 6.07) is 4.66. The summed E-state index contributed by atoms with van der Waals surface area (Å²) in [5.41, 5.74) is 6.91. The van der Waals surface area contributed by atoms with Crippen LogP contribution in [0.5, 0.6) is 0 Å². The van der Waals surface area contributed by atoms with E-state index in [0.29, 0.717) is 12.0 Å². The van der Waals surface area contributed by atoms with Crippen molar-refractivity contribution in [3.63, 3.8) is 0 Å². The molecule has 17 heavy (non-hydrogen) atoms. The Balaban J connectivity index is 2.87. The highest BCUT2D eigenvalue weighted by Gasteiger charge is 2.13. The van der Waals surface area contributed by atoms with Gasteiger partial charge in [0.05, 0.1) is 0 Å². The molecule has 0 aliphatic rings.